The minimum atomic E-state index is -0.574. The number of carbonyl (C=O) groups is 1. The van der Waals surface area contributed by atoms with Crippen LogP contribution in [0.5, 0.6) is 0 Å². The lowest BCUT2D eigenvalue weighted by Gasteiger charge is -2.28. The Kier molecular flexibility index (Phi) is 3.54. The second-order valence-electron chi connectivity index (χ2n) is 6.30. The van der Waals surface area contributed by atoms with Crippen molar-refractivity contribution in [2.45, 2.75) is 38.6 Å². The van der Waals surface area contributed by atoms with E-state index in [9.17, 15) is 10.1 Å². The average molecular weight is 304 g/mol. The van der Waals surface area contributed by atoms with Gasteiger partial charge in [0.15, 0.2) is 0 Å². The van der Waals surface area contributed by atoms with Gasteiger partial charge in [0.1, 0.15) is 21.5 Å². The van der Waals surface area contributed by atoms with Gasteiger partial charge in [-0.25, -0.2) is 0 Å². The molecule has 1 heterocycles. The summed E-state index contributed by atoms with van der Waals surface area (Å²) in [6, 6.07) is 2.37. The monoisotopic (exact) mass is 304 g/mol. The predicted octanol–water partition coefficient (Wildman–Crippen LogP) is 2.54. The molecule has 0 saturated heterocycles. The summed E-state index contributed by atoms with van der Waals surface area (Å²) in [6.07, 6.45) is 5.31. The number of nitrogens with zero attached hydrogens (tertiary/aromatic N) is 1. The van der Waals surface area contributed by atoms with Gasteiger partial charge >= 0.3 is 0 Å². The molecule has 1 aromatic rings. The van der Waals surface area contributed by atoms with Crippen molar-refractivity contribution in [2.24, 2.45) is 23.5 Å². The number of carbonyl (C=O) groups excluding carboxylic acids is 1. The lowest BCUT2D eigenvalue weighted by molar-refractivity contribution is 0.100. The predicted molar refractivity (Wildman–Crippen MR) is 84.0 cm³/mol. The van der Waals surface area contributed by atoms with Crippen LogP contribution in [0.15, 0.2) is 0 Å². The van der Waals surface area contributed by atoms with Crippen LogP contribution in [-0.2, 0) is 0 Å². The van der Waals surface area contributed by atoms with Crippen molar-refractivity contribution in [3.63, 3.8) is 0 Å². The molecule has 1 amide bonds. The van der Waals surface area contributed by atoms with Crippen molar-refractivity contribution in [2.75, 3.05) is 11.1 Å². The van der Waals surface area contributed by atoms with Gasteiger partial charge in [0.05, 0.1) is 5.69 Å². The van der Waals surface area contributed by atoms with Gasteiger partial charge in [-0.3, -0.25) is 4.79 Å². The zero-order valence-corrected chi connectivity index (χ0v) is 12.9. The summed E-state index contributed by atoms with van der Waals surface area (Å²) < 4.78 is 0. The SMILES string of the molecule is CC(Nc1sc(C(N)=O)c(N)c1C#N)C1CC2CCC1C2. The lowest BCUT2D eigenvalue weighted by atomic mass is 9.84. The number of anilines is 2. The molecule has 0 aliphatic heterocycles. The highest BCUT2D eigenvalue weighted by Crippen LogP contribution is 2.50. The molecule has 1 aromatic heterocycles. The van der Waals surface area contributed by atoms with E-state index in [-0.39, 0.29) is 16.6 Å². The molecule has 2 saturated carbocycles. The van der Waals surface area contributed by atoms with Crippen LogP contribution in [0.4, 0.5) is 10.7 Å². The fourth-order valence-corrected chi connectivity index (χ4v) is 5.08. The minimum absolute atomic E-state index is 0.206. The molecule has 2 aliphatic rings. The minimum Gasteiger partial charge on any atom is -0.396 e. The summed E-state index contributed by atoms with van der Waals surface area (Å²) in [6.45, 7) is 2.16. The van der Waals surface area contributed by atoms with Crippen LogP contribution >= 0.6 is 11.3 Å². The van der Waals surface area contributed by atoms with Gasteiger partial charge in [-0.1, -0.05) is 6.42 Å². The third-order valence-corrected chi connectivity index (χ3v) is 6.23. The van der Waals surface area contributed by atoms with E-state index >= 15 is 0 Å². The topological polar surface area (TPSA) is 105 Å². The molecule has 5 nitrogen and oxygen atoms in total. The maximum Gasteiger partial charge on any atom is 0.261 e. The van der Waals surface area contributed by atoms with E-state index in [1.54, 1.807) is 0 Å². The van der Waals surface area contributed by atoms with E-state index in [1.165, 1.54) is 37.0 Å². The van der Waals surface area contributed by atoms with Crippen molar-refractivity contribution in [3.05, 3.63) is 10.4 Å². The Labute approximate surface area is 128 Å². The van der Waals surface area contributed by atoms with E-state index in [0.717, 1.165) is 11.8 Å². The van der Waals surface area contributed by atoms with Gasteiger partial charge in [0, 0.05) is 6.04 Å². The molecule has 3 rings (SSSR count). The first-order valence-corrected chi connectivity index (χ1v) is 8.21. The second-order valence-corrected chi connectivity index (χ2v) is 7.32. The lowest BCUT2D eigenvalue weighted by Crippen LogP contribution is -2.29. The summed E-state index contributed by atoms with van der Waals surface area (Å²) in [7, 11) is 0. The Morgan fingerprint density at radius 2 is 2.24 bits per heavy atom. The smallest absolute Gasteiger partial charge is 0.261 e. The first kappa shape index (κ1) is 14.2. The fourth-order valence-electron chi connectivity index (χ4n) is 4.06. The molecule has 4 unspecified atom stereocenters. The number of nitrogens with one attached hydrogen (secondary N) is 1. The van der Waals surface area contributed by atoms with Crippen LogP contribution in [-0.4, -0.2) is 11.9 Å². The first-order valence-electron chi connectivity index (χ1n) is 7.40. The average Bonchev–Trinajstić information content (AvgIpc) is 3.12. The number of thiophene rings is 1. The van der Waals surface area contributed by atoms with E-state index < -0.39 is 5.91 Å². The normalized spacial score (nSPS) is 28.3. The third-order valence-electron chi connectivity index (χ3n) is 5.07. The van der Waals surface area contributed by atoms with Gasteiger partial charge < -0.3 is 16.8 Å². The number of hydrogen-bond acceptors (Lipinski definition) is 5. The number of hydrogen-bond donors (Lipinski definition) is 3. The molecule has 21 heavy (non-hydrogen) atoms. The largest absolute Gasteiger partial charge is 0.396 e. The number of nitrogen functional groups attached to an aromatic ring is 1. The zero-order chi connectivity index (χ0) is 15.1. The Bertz CT molecular complexity index is 618. The molecule has 0 radical (unpaired) electrons. The summed E-state index contributed by atoms with van der Waals surface area (Å²) in [5, 5.41) is 13.4. The van der Waals surface area contributed by atoms with Crippen molar-refractivity contribution < 1.29 is 4.79 Å². The summed E-state index contributed by atoms with van der Waals surface area (Å²) in [4.78, 5) is 11.6. The van der Waals surface area contributed by atoms with Crippen molar-refractivity contribution in [3.8, 4) is 6.07 Å². The Balaban J connectivity index is 1.80. The molecule has 0 aromatic carbocycles. The van der Waals surface area contributed by atoms with Crippen LogP contribution in [0.2, 0.25) is 0 Å². The summed E-state index contributed by atoms with van der Waals surface area (Å²) in [5.74, 6) is 1.76. The highest BCUT2D eigenvalue weighted by atomic mass is 32.1. The quantitative estimate of drug-likeness (QED) is 0.794. The third kappa shape index (κ3) is 2.36. The van der Waals surface area contributed by atoms with E-state index in [4.69, 9.17) is 11.5 Å². The molecule has 2 bridgehead atoms. The van der Waals surface area contributed by atoms with Crippen LogP contribution in [0, 0.1) is 29.1 Å². The van der Waals surface area contributed by atoms with Gasteiger partial charge in [0.25, 0.3) is 5.91 Å². The van der Waals surface area contributed by atoms with Gasteiger partial charge in [-0.15, -0.1) is 11.3 Å². The van der Waals surface area contributed by atoms with E-state index in [1.807, 2.05) is 0 Å². The number of nitriles is 1. The summed E-state index contributed by atoms with van der Waals surface area (Å²) >= 11 is 1.19. The fraction of sp³-hybridized carbons (Fsp3) is 0.600. The van der Waals surface area contributed by atoms with E-state index in [2.05, 4.69) is 18.3 Å². The van der Waals surface area contributed by atoms with Gasteiger partial charge in [0.2, 0.25) is 0 Å². The summed E-state index contributed by atoms with van der Waals surface area (Å²) in [5.41, 5.74) is 11.7. The van der Waals surface area contributed by atoms with Crippen LogP contribution in [0.25, 0.3) is 0 Å². The number of fused-ring (bicyclic) bond motifs is 2. The standard InChI is InChI=1S/C15H20N4OS/c1-7(10-5-8-2-3-9(10)4-8)19-15-11(6-16)12(17)13(21-15)14(18)20/h7-10,19H,2-5,17H2,1H3,(H2,18,20). The van der Waals surface area contributed by atoms with Crippen LogP contribution < -0.4 is 16.8 Å². The Hall–Kier alpha value is -1.74. The Morgan fingerprint density at radius 1 is 1.48 bits per heavy atom. The zero-order valence-electron chi connectivity index (χ0n) is 12.1. The molecular weight excluding hydrogens is 284 g/mol. The molecular formula is C15H20N4OS. The molecule has 5 N–H and O–H groups in total. The number of amides is 1. The molecule has 2 fully saturated rings. The molecule has 0 spiro atoms. The number of nitrogens with two attached hydrogens (primary N) is 2. The van der Waals surface area contributed by atoms with Gasteiger partial charge in [-0.2, -0.15) is 5.26 Å². The maximum atomic E-state index is 11.4. The van der Waals surface area contributed by atoms with Crippen molar-refractivity contribution in [1.29, 1.82) is 5.26 Å². The van der Waals surface area contributed by atoms with Crippen molar-refractivity contribution >= 4 is 27.9 Å². The molecule has 112 valence electrons. The molecule has 2 aliphatic carbocycles. The number of rotatable bonds is 4. The van der Waals surface area contributed by atoms with Gasteiger partial charge in [-0.05, 0) is 43.9 Å². The highest BCUT2D eigenvalue weighted by Gasteiger charge is 2.42. The van der Waals surface area contributed by atoms with Crippen LogP contribution in [0.1, 0.15) is 47.8 Å². The van der Waals surface area contributed by atoms with E-state index in [0.29, 0.717) is 16.5 Å². The molecule has 6 heteroatoms. The first-order chi connectivity index (χ1) is 10.0. The van der Waals surface area contributed by atoms with Crippen molar-refractivity contribution in [1.82, 2.24) is 0 Å². The number of primary amides is 1. The highest BCUT2D eigenvalue weighted by molar-refractivity contribution is 7.18. The molecule has 4 atom stereocenters. The maximum absolute atomic E-state index is 11.4. The van der Waals surface area contributed by atoms with Crippen LogP contribution in [0.3, 0.4) is 0 Å². The Morgan fingerprint density at radius 3 is 2.76 bits per heavy atom. The second kappa shape index (κ2) is 5.23.